The Morgan fingerprint density at radius 1 is 1.54 bits per heavy atom. The highest BCUT2D eigenvalue weighted by atomic mass is 32.2. The number of carbonyl (C=O) groups is 1. The molecule has 1 unspecified atom stereocenters. The fourth-order valence-electron chi connectivity index (χ4n) is 1.04. The predicted molar refractivity (Wildman–Crippen MR) is 56.9 cm³/mol. The fourth-order valence-corrected chi connectivity index (χ4v) is 1.41. The molecule has 0 heterocycles. The van der Waals surface area contributed by atoms with E-state index in [0.29, 0.717) is 18.2 Å². The van der Waals surface area contributed by atoms with Crippen molar-refractivity contribution in [1.82, 2.24) is 5.32 Å². The average molecular weight is 205 g/mol. The number of nitrogens with one attached hydrogen (secondary N) is 1. The average Bonchev–Trinajstić information content (AvgIpc) is 2.00. The maximum Gasteiger partial charge on any atom is 0.230 e. The number of hydrogen-bond acceptors (Lipinski definition) is 3. The minimum Gasteiger partial charge on any atom is -0.391 e. The minimum absolute atomic E-state index is 0.00435. The Morgan fingerprint density at radius 3 is 2.62 bits per heavy atom. The predicted octanol–water partition coefficient (Wildman–Crippen LogP) is 0.873. The Labute approximate surface area is 84.3 Å². The lowest BCUT2D eigenvalue weighted by molar-refractivity contribution is -0.119. The summed E-state index contributed by atoms with van der Waals surface area (Å²) < 4.78 is 0. The lowest BCUT2D eigenvalue weighted by Gasteiger charge is -2.13. The number of rotatable bonds is 6. The van der Waals surface area contributed by atoms with Crippen LogP contribution in [0.15, 0.2) is 0 Å². The second kappa shape index (κ2) is 7.21. The number of aliphatic hydroxyl groups excluding tert-OH is 1. The summed E-state index contributed by atoms with van der Waals surface area (Å²) in [6.07, 6.45) is 2.20. The zero-order chi connectivity index (χ0) is 10.3. The van der Waals surface area contributed by atoms with Gasteiger partial charge < -0.3 is 10.4 Å². The van der Waals surface area contributed by atoms with Crippen LogP contribution in [-0.4, -0.2) is 35.7 Å². The Morgan fingerprint density at radius 2 is 2.15 bits per heavy atom. The summed E-state index contributed by atoms with van der Waals surface area (Å²) in [4.78, 5) is 11.0. The first-order chi connectivity index (χ1) is 6.06. The molecule has 0 fully saturated rings. The van der Waals surface area contributed by atoms with Gasteiger partial charge >= 0.3 is 0 Å². The monoisotopic (exact) mass is 205 g/mol. The molecule has 0 radical (unpaired) electrons. The molecule has 3 nitrogen and oxygen atoms in total. The van der Waals surface area contributed by atoms with Crippen molar-refractivity contribution in [2.45, 2.75) is 26.4 Å². The summed E-state index contributed by atoms with van der Waals surface area (Å²) in [6.45, 7) is 4.47. The third-order valence-corrected chi connectivity index (χ3v) is 2.10. The van der Waals surface area contributed by atoms with E-state index < -0.39 is 6.10 Å². The van der Waals surface area contributed by atoms with Crippen molar-refractivity contribution in [2.24, 2.45) is 5.92 Å². The van der Waals surface area contributed by atoms with E-state index in [1.165, 1.54) is 11.8 Å². The Hall–Kier alpha value is -0.220. The lowest BCUT2D eigenvalue weighted by Crippen LogP contribution is -2.33. The first-order valence-electron chi connectivity index (χ1n) is 4.50. The van der Waals surface area contributed by atoms with Crippen LogP contribution in [-0.2, 0) is 4.79 Å². The number of hydrogen-bond donors (Lipinski definition) is 2. The third-order valence-electron chi connectivity index (χ3n) is 1.55. The molecule has 0 aliphatic carbocycles. The fraction of sp³-hybridized carbons (Fsp3) is 0.889. The highest BCUT2D eigenvalue weighted by Crippen LogP contribution is 2.03. The molecule has 0 bridgehead atoms. The van der Waals surface area contributed by atoms with Gasteiger partial charge in [0, 0.05) is 6.54 Å². The van der Waals surface area contributed by atoms with Gasteiger partial charge in [0.1, 0.15) is 0 Å². The molecule has 0 spiro atoms. The molecule has 0 aromatic carbocycles. The van der Waals surface area contributed by atoms with Crippen LogP contribution in [0.5, 0.6) is 0 Å². The van der Waals surface area contributed by atoms with Gasteiger partial charge in [-0.3, -0.25) is 4.79 Å². The molecule has 0 aliphatic heterocycles. The van der Waals surface area contributed by atoms with Crippen molar-refractivity contribution in [3.05, 3.63) is 0 Å². The lowest BCUT2D eigenvalue weighted by atomic mass is 10.1. The van der Waals surface area contributed by atoms with Gasteiger partial charge in [0.05, 0.1) is 11.9 Å². The zero-order valence-electron chi connectivity index (χ0n) is 8.54. The summed E-state index contributed by atoms with van der Waals surface area (Å²) in [7, 11) is 0. The molecule has 1 atom stereocenters. The van der Waals surface area contributed by atoms with Crippen molar-refractivity contribution in [3.8, 4) is 0 Å². The van der Waals surface area contributed by atoms with E-state index in [0.717, 1.165) is 6.42 Å². The van der Waals surface area contributed by atoms with Gasteiger partial charge in [-0.1, -0.05) is 13.8 Å². The normalized spacial score (nSPS) is 13.0. The molecule has 2 N–H and O–H groups in total. The first-order valence-corrected chi connectivity index (χ1v) is 5.89. The molecule has 1 amide bonds. The van der Waals surface area contributed by atoms with E-state index in [1.54, 1.807) is 0 Å². The van der Waals surface area contributed by atoms with E-state index >= 15 is 0 Å². The van der Waals surface area contributed by atoms with Crippen LogP contribution in [0.25, 0.3) is 0 Å². The molecule has 0 saturated carbocycles. The van der Waals surface area contributed by atoms with E-state index in [9.17, 15) is 9.90 Å². The van der Waals surface area contributed by atoms with Gasteiger partial charge in [-0.15, -0.1) is 0 Å². The largest absolute Gasteiger partial charge is 0.391 e. The van der Waals surface area contributed by atoms with Crippen LogP contribution in [0.2, 0.25) is 0 Å². The molecule has 78 valence electrons. The molecule has 0 rings (SSSR count). The number of amides is 1. The Kier molecular flexibility index (Phi) is 7.09. The molecule has 0 saturated heterocycles. The number of carbonyl (C=O) groups excluding carboxylic acids is 1. The van der Waals surface area contributed by atoms with Crippen LogP contribution < -0.4 is 5.32 Å². The van der Waals surface area contributed by atoms with E-state index in [1.807, 2.05) is 20.1 Å². The van der Waals surface area contributed by atoms with Crippen molar-refractivity contribution >= 4 is 17.7 Å². The van der Waals surface area contributed by atoms with Gasteiger partial charge in [-0.05, 0) is 18.6 Å². The highest BCUT2D eigenvalue weighted by Gasteiger charge is 2.08. The van der Waals surface area contributed by atoms with Gasteiger partial charge in [-0.2, -0.15) is 11.8 Å². The number of aliphatic hydroxyl groups is 1. The smallest absolute Gasteiger partial charge is 0.230 e. The molecule has 13 heavy (non-hydrogen) atoms. The zero-order valence-corrected chi connectivity index (χ0v) is 9.36. The molecular weight excluding hydrogens is 186 g/mol. The third kappa shape index (κ3) is 8.12. The van der Waals surface area contributed by atoms with Crippen molar-refractivity contribution in [1.29, 1.82) is 0 Å². The molecular formula is C9H19NO2S. The molecule has 0 aliphatic rings. The minimum atomic E-state index is -0.411. The van der Waals surface area contributed by atoms with E-state index in [4.69, 9.17) is 0 Å². The SMILES string of the molecule is CSCC(=O)NCC(O)CC(C)C. The van der Waals surface area contributed by atoms with Crippen LogP contribution in [0.1, 0.15) is 20.3 Å². The summed E-state index contributed by atoms with van der Waals surface area (Å²) in [5, 5.41) is 12.1. The molecule has 0 aromatic heterocycles. The molecule has 0 aromatic rings. The van der Waals surface area contributed by atoms with Crippen molar-refractivity contribution in [3.63, 3.8) is 0 Å². The highest BCUT2D eigenvalue weighted by molar-refractivity contribution is 7.99. The second-order valence-electron chi connectivity index (χ2n) is 3.52. The van der Waals surface area contributed by atoms with Gasteiger partial charge in [0.25, 0.3) is 0 Å². The van der Waals surface area contributed by atoms with Gasteiger partial charge in [0.2, 0.25) is 5.91 Å². The summed E-state index contributed by atoms with van der Waals surface area (Å²) in [6, 6.07) is 0. The van der Waals surface area contributed by atoms with Crippen LogP contribution in [0.3, 0.4) is 0 Å². The van der Waals surface area contributed by atoms with Gasteiger partial charge in [0.15, 0.2) is 0 Å². The van der Waals surface area contributed by atoms with E-state index in [2.05, 4.69) is 5.32 Å². The topological polar surface area (TPSA) is 49.3 Å². The number of thioether (sulfide) groups is 1. The second-order valence-corrected chi connectivity index (χ2v) is 4.39. The van der Waals surface area contributed by atoms with Crippen molar-refractivity contribution in [2.75, 3.05) is 18.6 Å². The van der Waals surface area contributed by atoms with Crippen LogP contribution in [0, 0.1) is 5.92 Å². The maximum atomic E-state index is 11.0. The Balaban J connectivity index is 3.45. The molecule has 4 heteroatoms. The van der Waals surface area contributed by atoms with E-state index in [-0.39, 0.29) is 5.91 Å². The van der Waals surface area contributed by atoms with Crippen LogP contribution in [0.4, 0.5) is 0 Å². The summed E-state index contributed by atoms with van der Waals surface area (Å²) in [5.74, 6) is 0.928. The first kappa shape index (κ1) is 12.8. The quantitative estimate of drug-likeness (QED) is 0.676. The van der Waals surface area contributed by atoms with Crippen LogP contribution >= 0.6 is 11.8 Å². The summed E-state index contributed by atoms with van der Waals surface area (Å²) >= 11 is 1.48. The van der Waals surface area contributed by atoms with Crippen molar-refractivity contribution < 1.29 is 9.90 Å². The Bertz CT molecular complexity index is 151. The van der Waals surface area contributed by atoms with Gasteiger partial charge in [-0.25, -0.2) is 0 Å². The maximum absolute atomic E-state index is 11.0. The summed E-state index contributed by atoms with van der Waals surface area (Å²) in [5.41, 5.74) is 0. The standard InChI is InChI=1S/C9H19NO2S/c1-7(2)4-8(11)5-10-9(12)6-13-3/h7-8,11H,4-6H2,1-3H3,(H,10,12).